The molecular formula is C20H22ClF3N2. The number of halogens is 4. The lowest BCUT2D eigenvalue weighted by molar-refractivity contribution is -0.137. The van der Waals surface area contributed by atoms with Gasteiger partial charge in [-0.15, -0.1) is 12.4 Å². The van der Waals surface area contributed by atoms with E-state index in [2.05, 4.69) is 22.3 Å². The summed E-state index contributed by atoms with van der Waals surface area (Å²) in [6.45, 7) is 3.91. The quantitative estimate of drug-likeness (QED) is 0.782. The van der Waals surface area contributed by atoms with Crippen molar-refractivity contribution in [3.63, 3.8) is 0 Å². The minimum absolute atomic E-state index is 0. The maximum absolute atomic E-state index is 12.8. The highest BCUT2D eigenvalue weighted by Gasteiger charge is 2.30. The molecular weight excluding hydrogens is 361 g/mol. The van der Waals surface area contributed by atoms with Gasteiger partial charge in [0.05, 0.1) is 5.56 Å². The molecule has 2 aromatic carbocycles. The molecule has 2 aliphatic heterocycles. The predicted molar refractivity (Wildman–Crippen MR) is 101 cm³/mol. The van der Waals surface area contributed by atoms with Crippen LogP contribution in [0.2, 0.25) is 0 Å². The third kappa shape index (κ3) is 3.55. The fraction of sp³-hybridized carbons (Fsp3) is 0.400. The Hall–Kier alpha value is -1.72. The van der Waals surface area contributed by atoms with Crippen molar-refractivity contribution in [2.45, 2.75) is 32.0 Å². The van der Waals surface area contributed by atoms with E-state index in [1.165, 1.54) is 41.8 Å². The van der Waals surface area contributed by atoms with Crippen molar-refractivity contribution in [1.29, 1.82) is 0 Å². The summed E-state index contributed by atoms with van der Waals surface area (Å²) in [5.41, 5.74) is 5.21. The lowest BCUT2D eigenvalue weighted by atomic mass is 9.89. The number of benzene rings is 2. The highest BCUT2D eigenvalue weighted by Crippen LogP contribution is 2.37. The Labute approximate surface area is 157 Å². The third-order valence-corrected chi connectivity index (χ3v) is 5.23. The molecule has 2 aromatic rings. The zero-order valence-corrected chi connectivity index (χ0v) is 15.2. The lowest BCUT2D eigenvalue weighted by Gasteiger charge is -2.28. The molecule has 0 saturated carbocycles. The van der Waals surface area contributed by atoms with Crippen LogP contribution in [0.15, 0.2) is 36.4 Å². The summed E-state index contributed by atoms with van der Waals surface area (Å²) < 4.78 is 38.4. The van der Waals surface area contributed by atoms with E-state index in [4.69, 9.17) is 0 Å². The van der Waals surface area contributed by atoms with E-state index in [1.54, 1.807) is 12.1 Å². The topological polar surface area (TPSA) is 15.3 Å². The first-order chi connectivity index (χ1) is 12.0. The fourth-order valence-electron chi connectivity index (χ4n) is 3.95. The second kappa shape index (κ2) is 7.49. The number of nitrogens with zero attached hydrogens (tertiary/aromatic N) is 1. The van der Waals surface area contributed by atoms with Gasteiger partial charge >= 0.3 is 6.18 Å². The second-order valence-corrected chi connectivity index (χ2v) is 6.79. The standard InChI is InChI=1S/C20H21F3N2.ClH/c21-20(22,23)15-5-3-14(4-6-15)16-7-8-19(25-11-1-2-12-25)18-13-24-10-9-17(16)18;/h3-8,24H,1-2,9-13H2;1H. The van der Waals surface area contributed by atoms with Gasteiger partial charge in [0.25, 0.3) is 0 Å². The Kier molecular flexibility index (Phi) is 5.49. The van der Waals surface area contributed by atoms with Gasteiger partial charge in [-0.05, 0) is 66.3 Å². The molecule has 0 unspecified atom stereocenters. The van der Waals surface area contributed by atoms with E-state index in [1.807, 2.05) is 0 Å². The third-order valence-electron chi connectivity index (χ3n) is 5.23. The van der Waals surface area contributed by atoms with Gasteiger partial charge in [-0.25, -0.2) is 0 Å². The van der Waals surface area contributed by atoms with Crippen LogP contribution in [0.25, 0.3) is 11.1 Å². The van der Waals surface area contributed by atoms with Crippen LogP contribution in [-0.4, -0.2) is 19.6 Å². The van der Waals surface area contributed by atoms with Gasteiger partial charge in [0.2, 0.25) is 0 Å². The first kappa shape index (κ1) is 19.1. The number of fused-ring (bicyclic) bond motifs is 1. The minimum atomic E-state index is -4.29. The molecule has 0 aromatic heterocycles. The number of rotatable bonds is 2. The summed E-state index contributed by atoms with van der Waals surface area (Å²) >= 11 is 0. The maximum Gasteiger partial charge on any atom is 0.416 e. The highest BCUT2D eigenvalue weighted by molar-refractivity contribution is 5.85. The first-order valence-electron chi connectivity index (χ1n) is 8.82. The minimum Gasteiger partial charge on any atom is -0.371 e. The van der Waals surface area contributed by atoms with Crippen LogP contribution in [-0.2, 0) is 19.1 Å². The van der Waals surface area contributed by atoms with E-state index in [9.17, 15) is 13.2 Å². The smallest absolute Gasteiger partial charge is 0.371 e. The van der Waals surface area contributed by atoms with Crippen molar-refractivity contribution in [2.24, 2.45) is 0 Å². The normalized spacial score (nSPS) is 17.0. The van der Waals surface area contributed by atoms with Crippen molar-refractivity contribution in [3.05, 3.63) is 53.1 Å². The molecule has 1 N–H and O–H groups in total. The molecule has 4 rings (SSSR count). The monoisotopic (exact) mass is 382 g/mol. The van der Waals surface area contributed by atoms with Crippen molar-refractivity contribution in [3.8, 4) is 11.1 Å². The summed E-state index contributed by atoms with van der Waals surface area (Å²) in [4.78, 5) is 2.43. The van der Waals surface area contributed by atoms with Gasteiger partial charge in [-0.1, -0.05) is 18.2 Å². The SMILES string of the molecule is Cl.FC(F)(F)c1ccc(-c2ccc(N3CCCC3)c3c2CCNC3)cc1. The molecule has 2 nitrogen and oxygen atoms in total. The molecule has 0 amide bonds. The molecule has 6 heteroatoms. The van der Waals surface area contributed by atoms with E-state index in [0.29, 0.717) is 0 Å². The average Bonchev–Trinajstić information content (AvgIpc) is 3.14. The molecule has 2 heterocycles. The van der Waals surface area contributed by atoms with Crippen molar-refractivity contribution >= 4 is 18.1 Å². The van der Waals surface area contributed by atoms with Gasteiger partial charge in [0.15, 0.2) is 0 Å². The van der Waals surface area contributed by atoms with Crippen LogP contribution in [0.1, 0.15) is 29.5 Å². The van der Waals surface area contributed by atoms with Gasteiger partial charge in [-0.3, -0.25) is 0 Å². The lowest BCUT2D eigenvalue weighted by Crippen LogP contribution is -2.28. The molecule has 2 aliphatic rings. The summed E-state index contributed by atoms with van der Waals surface area (Å²) in [6, 6.07) is 9.77. The second-order valence-electron chi connectivity index (χ2n) is 6.79. The Balaban J connectivity index is 0.00000196. The van der Waals surface area contributed by atoms with Gasteiger partial charge < -0.3 is 10.2 Å². The van der Waals surface area contributed by atoms with Crippen LogP contribution >= 0.6 is 12.4 Å². The summed E-state index contributed by atoms with van der Waals surface area (Å²) in [5, 5.41) is 3.44. The molecule has 0 bridgehead atoms. The summed E-state index contributed by atoms with van der Waals surface area (Å²) in [7, 11) is 0. The largest absolute Gasteiger partial charge is 0.416 e. The highest BCUT2D eigenvalue weighted by atomic mass is 35.5. The average molecular weight is 383 g/mol. The Bertz CT molecular complexity index is 766. The summed E-state index contributed by atoms with van der Waals surface area (Å²) in [6.07, 6.45) is -0.930. The summed E-state index contributed by atoms with van der Waals surface area (Å²) in [5.74, 6) is 0. The van der Waals surface area contributed by atoms with Crippen molar-refractivity contribution < 1.29 is 13.2 Å². The zero-order chi connectivity index (χ0) is 17.4. The van der Waals surface area contributed by atoms with Crippen LogP contribution < -0.4 is 10.2 Å². The van der Waals surface area contributed by atoms with Gasteiger partial charge in [0, 0.05) is 25.3 Å². The maximum atomic E-state index is 12.8. The van der Waals surface area contributed by atoms with E-state index in [0.717, 1.165) is 43.7 Å². The molecule has 26 heavy (non-hydrogen) atoms. The van der Waals surface area contributed by atoms with E-state index >= 15 is 0 Å². The molecule has 0 radical (unpaired) electrons. The zero-order valence-electron chi connectivity index (χ0n) is 14.4. The number of alkyl halides is 3. The molecule has 0 spiro atoms. The number of hydrogen-bond donors (Lipinski definition) is 1. The number of anilines is 1. The first-order valence-corrected chi connectivity index (χ1v) is 8.82. The Morgan fingerprint density at radius 1 is 0.885 bits per heavy atom. The van der Waals surface area contributed by atoms with Crippen molar-refractivity contribution in [2.75, 3.05) is 24.5 Å². The van der Waals surface area contributed by atoms with E-state index in [-0.39, 0.29) is 12.4 Å². The van der Waals surface area contributed by atoms with E-state index < -0.39 is 11.7 Å². The van der Waals surface area contributed by atoms with Crippen molar-refractivity contribution in [1.82, 2.24) is 5.32 Å². The number of nitrogens with one attached hydrogen (secondary N) is 1. The number of hydrogen-bond acceptors (Lipinski definition) is 2. The Morgan fingerprint density at radius 3 is 2.23 bits per heavy atom. The van der Waals surface area contributed by atoms with Crippen LogP contribution in [0, 0.1) is 0 Å². The molecule has 1 saturated heterocycles. The Morgan fingerprint density at radius 2 is 1.58 bits per heavy atom. The molecule has 1 fully saturated rings. The predicted octanol–water partition coefficient (Wildman–Crippen LogP) is 5.04. The van der Waals surface area contributed by atoms with Gasteiger partial charge in [0.1, 0.15) is 0 Å². The van der Waals surface area contributed by atoms with Crippen LogP contribution in [0.3, 0.4) is 0 Å². The molecule has 0 aliphatic carbocycles. The van der Waals surface area contributed by atoms with Crippen LogP contribution in [0.5, 0.6) is 0 Å². The van der Waals surface area contributed by atoms with Gasteiger partial charge in [-0.2, -0.15) is 13.2 Å². The van der Waals surface area contributed by atoms with Crippen LogP contribution in [0.4, 0.5) is 18.9 Å². The molecule has 0 atom stereocenters. The molecule has 140 valence electrons. The fourth-order valence-corrected chi connectivity index (χ4v) is 3.95.